The number of nitrogens with one attached hydrogen (secondary N) is 2. The number of amides is 1. The molecule has 0 saturated heterocycles. The number of carbonyl (C=O) groups excluding carboxylic acids is 3. The predicted molar refractivity (Wildman–Crippen MR) is 124 cm³/mol. The van der Waals surface area contributed by atoms with Gasteiger partial charge >= 0.3 is 0 Å². The summed E-state index contributed by atoms with van der Waals surface area (Å²) in [5.41, 5.74) is 6.27. The first kappa shape index (κ1) is 25.2. The smallest absolute Gasteiger partial charge is 0.296 e. The zero-order valence-electron chi connectivity index (χ0n) is 17.7. The molecule has 3 aromatic rings. The quantitative estimate of drug-likeness (QED) is 0.193. The second-order valence-corrected chi connectivity index (χ2v) is 8.54. The maximum absolute atomic E-state index is 13.2. The molecule has 0 unspecified atom stereocenters. The number of fused-ring (bicyclic) bond motifs is 2. The monoisotopic (exact) mass is 490 g/mol. The third kappa shape index (κ3) is 4.80. The van der Waals surface area contributed by atoms with E-state index in [9.17, 15) is 27.4 Å². The van der Waals surface area contributed by atoms with Crippen molar-refractivity contribution in [2.45, 2.75) is 11.8 Å². The molecule has 0 aliphatic heterocycles. The number of ketones is 2. The van der Waals surface area contributed by atoms with Gasteiger partial charge in [-0.3, -0.25) is 18.9 Å². The number of nitrogen functional groups attached to an aromatic ring is 1. The minimum atomic E-state index is -4.80. The van der Waals surface area contributed by atoms with E-state index in [-0.39, 0.29) is 85.2 Å². The van der Waals surface area contributed by atoms with Crippen molar-refractivity contribution < 1.29 is 27.4 Å². The summed E-state index contributed by atoms with van der Waals surface area (Å²) >= 11 is 0. The Balaban J connectivity index is 0.00000306. The van der Waals surface area contributed by atoms with Crippen LogP contribution in [0.3, 0.4) is 0 Å². The Hall–Kier alpha value is -2.38. The molecule has 11 heteroatoms. The van der Waals surface area contributed by atoms with Crippen LogP contribution in [0.25, 0.3) is 0 Å². The van der Waals surface area contributed by atoms with Gasteiger partial charge in [0.1, 0.15) is 4.90 Å². The molecule has 3 aromatic carbocycles. The molecule has 1 aliphatic carbocycles. The largest absolute Gasteiger partial charge is 0.397 e. The molecule has 0 aromatic heterocycles. The molecule has 0 atom stereocenters. The number of nitrogens with two attached hydrogens (primary N) is 1. The van der Waals surface area contributed by atoms with Crippen LogP contribution < -0.4 is 16.4 Å². The summed E-state index contributed by atoms with van der Waals surface area (Å²) in [7, 11) is -4.80. The van der Waals surface area contributed by atoms with Crippen LogP contribution in [0.2, 0.25) is 0 Å². The average Bonchev–Trinajstić information content (AvgIpc) is 2.73. The fraction of sp³-hybridized carbons (Fsp3) is 0.0455. The third-order valence-electron chi connectivity index (χ3n) is 4.96. The number of hydrogen-bond acceptors (Lipinski definition) is 7. The van der Waals surface area contributed by atoms with Crippen LogP contribution in [0, 0.1) is 0 Å². The van der Waals surface area contributed by atoms with E-state index < -0.39 is 32.3 Å². The van der Waals surface area contributed by atoms with Gasteiger partial charge in [0, 0.05) is 80.8 Å². The molecule has 0 bridgehead atoms. The van der Waals surface area contributed by atoms with Gasteiger partial charge in [-0.1, -0.05) is 24.3 Å². The maximum Gasteiger partial charge on any atom is 0.296 e. The first-order valence-electron chi connectivity index (χ1n) is 9.35. The fourth-order valence-corrected chi connectivity index (χ4v) is 4.25. The van der Waals surface area contributed by atoms with Crippen molar-refractivity contribution in [3.05, 3.63) is 76.9 Å². The second-order valence-electron chi connectivity index (χ2n) is 7.15. The Kier molecular flexibility index (Phi) is 7.24. The van der Waals surface area contributed by atoms with E-state index in [1.807, 2.05) is 0 Å². The van der Waals surface area contributed by atoms with Gasteiger partial charge in [-0.05, 0) is 30.3 Å². The van der Waals surface area contributed by atoms with Crippen molar-refractivity contribution in [2.75, 3.05) is 16.4 Å². The molecule has 1 radical (unpaired) electrons. The summed E-state index contributed by atoms with van der Waals surface area (Å²) in [5.74, 6) is -1.39. The number of carbonyl (C=O) groups is 3. The summed E-state index contributed by atoms with van der Waals surface area (Å²) in [6.45, 7) is 1.37. The topological polar surface area (TPSA) is 156 Å². The van der Waals surface area contributed by atoms with E-state index in [4.69, 9.17) is 5.73 Å². The van der Waals surface area contributed by atoms with Crippen LogP contribution in [0.1, 0.15) is 38.8 Å². The molecular weight excluding hydrogens is 473 g/mol. The second kappa shape index (κ2) is 9.47. The number of rotatable bonds is 4. The number of benzene rings is 3. The Bertz CT molecular complexity index is 1420. The average molecular weight is 491 g/mol. The van der Waals surface area contributed by atoms with Crippen molar-refractivity contribution in [3.63, 3.8) is 0 Å². The van der Waals surface area contributed by atoms with Crippen molar-refractivity contribution in [1.82, 2.24) is 0 Å². The van der Waals surface area contributed by atoms with Crippen LogP contribution in [-0.4, -0.2) is 81.8 Å². The summed E-state index contributed by atoms with van der Waals surface area (Å²) in [5, 5.41) is 5.53. The summed E-state index contributed by atoms with van der Waals surface area (Å²) in [4.78, 5) is 36.9. The van der Waals surface area contributed by atoms with Gasteiger partial charge < -0.3 is 16.4 Å². The SMILES string of the molecule is CC(=O)Nc1ccc(Nc2cc(S(=O)(=O)O)c(N)c3c2C(=O)c2ccccc2C3=O)cc1.[K]. The van der Waals surface area contributed by atoms with Crippen molar-refractivity contribution in [1.29, 1.82) is 0 Å². The molecule has 0 spiro atoms. The minimum absolute atomic E-state index is 0. The Morgan fingerprint density at radius 2 is 1.42 bits per heavy atom. The fourth-order valence-electron chi connectivity index (χ4n) is 3.60. The first-order chi connectivity index (χ1) is 15.1. The van der Waals surface area contributed by atoms with Gasteiger partial charge in [0.2, 0.25) is 5.91 Å². The predicted octanol–water partition coefficient (Wildman–Crippen LogP) is 2.61. The molecule has 0 heterocycles. The Morgan fingerprint density at radius 3 is 1.94 bits per heavy atom. The molecular formula is C22H17KN3O6S. The summed E-state index contributed by atoms with van der Waals surface area (Å²) in [6.07, 6.45) is 0. The van der Waals surface area contributed by atoms with Gasteiger partial charge in [-0.15, -0.1) is 0 Å². The van der Waals surface area contributed by atoms with Crippen LogP contribution in [0.4, 0.5) is 22.7 Å². The van der Waals surface area contributed by atoms with Crippen LogP contribution in [0.5, 0.6) is 0 Å². The van der Waals surface area contributed by atoms with Crippen LogP contribution in [-0.2, 0) is 14.9 Å². The molecule has 33 heavy (non-hydrogen) atoms. The van der Waals surface area contributed by atoms with Gasteiger partial charge in [-0.25, -0.2) is 0 Å². The first-order valence-corrected chi connectivity index (χ1v) is 10.8. The van der Waals surface area contributed by atoms with E-state index in [1.165, 1.54) is 19.1 Å². The van der Waals surface area contributed by atoms with E-state index in [0.29, 0.717) is 11.4 Å². The molecule has 0 saturated carbocycles. The van der Waals surface area contributed by atoms with E-state index in [1.54, 1.807) is 36.4 Å². The van der Waals surface area contributed by atoms with Crippen molar-refractivity contribution in [2.24, 2.45) is 0 Å². The standard InChI is InChI=1S/C22H17N3O6S.K/c1-11(26)24-12-6-8-13(9-7-12)25-16-10-17(32(29,30)31)20(23)19-18(16)21(27)14-4-2-3-5-15(14)22(19)28;/h2-10,25H,23H2,1H3,(H,24,26)(H,29,30,31);. The van der Waals surface area contributed by atoms with Crippen LogP contribution >= 0.6 is 0 Å². The van der Waals surface area contributed by atoms with Gasteiger partial charge in [0.25, 0.3) is 10.1 Å². The van der Waals surface area contributed by atoms with Crippen molar-refractivity contribution >= 4 is 102 Å². The zero-order valence-corrected chi connectivity index (χ0v) is 21.6. The molecule has 0 fully saturated rings. The third-order valence-corrected chi connectivity index (χ3v) is 5.86. The Labute approximate surface area is 231 Å². The van der Waals surface area contributed by atoms with Gasteiger partial charge in [0.05, 0.1) is 22.5 Å². The number of anilines is 4. The molecule has 4 rings (SSSR count). The normalized spacial score (nSPS) is 12.3. The van der Waals surface area contributed by atoms with Gasteiger partial charge in [0.15, 0.2) is 11.6 Å². The molecule has 1 amide bonds. The molecule has 5 N–H and O–H groups in total. The molecule has 9 nitrogen and oxygen atoms in total. The van der Waals surface area contributed by atoms with E-state index >= 15 is 0 Å². The van der Waals surface area contributed by atoms with Crippen molar-refractivity contribution in [3.8, 4) is 0 Å². The van der Waals surface area contributed by atoms with E-state index in [2.05, 4.69) is 10.6 Å². The molecule has 163 valence electrons. The summed E-state index contributed by atoms with van der Waals surface area (Å²) in [6, 6.07) is 13.5. The van der Waals surface area contributed by atoms with Gasteiger partial charge in [-0.2, -0.15) is 8.42 Å². The maximum atomic E-state index is 13.2. The Morgan fingerprint density at radius 1 is 0.909 bits per heavy atom. The molecule has 1 aliphatic rings. The summed E-state index contributed by atoms with van der Waals surface area (Å²) < 4.78 is 33.5. The minimum Gasteiger partial charge on any atom is -0.397 e. The van der Waals surface area contributed by atoms with E-state index in [0.717, 1.165) is 6.07 Å². The number of hydrogen-bond donors (Lipinski definition) is 4. The zero-order chi connectivity index (χ0) is 23.2. The van der Waals surface area contributed by atoms with Crippen LogP contribution in [0.15, 0.2) is 59.5 Å².